The summed E-state index contributed by atoms with van der Waals surface area (Å²) < 4.78 is 5.57. The number of halogens is 1. The van der Waals surface area contributed by atoms with Crippen molar-refractivity contribution in [2.24, 2.45) is 10.9 Å². The van der Waals surface area contributed by atoms with Crippen LogP contribution in [0, 0.1) is 5.92 Å². The van der Waals surface area contributed by atoms with Crippen LogP contribution >= 0.6 is 24.0 Å². The lowest BCUT2D eigenvalue weighted by Crippen LogP contribution is -2.39. The summed E-state index contributed by atoms with van der Waals surface area (Å²) in [5, 5.41) is 6.55. The minimum atomic E-state index is 0. The molecule has 1 aliphatic heterocycles. The van der Waals surface area contributed by atoms with Gasteiger partial charge in [-0.3, -0.25) is 9.79 Å². The first-order chi connectivity index (χ1) is 13.1. The number of hydrogen-bond donors (Lipinski definition) is 2. The standard InChI is InChI=1S/C21H34N4O2.HI/c1-17(2)16-27-15-7-13-24-21(22-3)23-12-6-10-20(26)25-14-11-18-8-4-5-9-19(18)25;/h4-5,8-9,17H,6-7,10-16H2,1-3H3,(H2,22,23,24);1H. The second-order valence-electron chi connectivity index (χ2n) is 7.28. The lowest BCUT2D eigenvalue weighted by Gasteiger charge is -2.17. The smallest absolute Gasteiger partial charge is 0.227 e. The molecule has 0 atom stereocenters. The van der Waals surface area contributed by atoms with Crippen molar-refractivity contribution in [3.63, 3.8) is 0 Å². The minimum Gasteiger partial charge on any atom is -0.381 e. The van der Waals surface area contributed by atoms with E-state index in [1.165, 1.54) is 5.56 Å². The number of fused-ring (bicyclic) bond motifs is 1. The number of aliphatic imine (C=N–C) groups is 1. The number of carbonyl (C=O) groups excluding carboxylic acids is 1. The van der Waals surface area contributed by atoms with Crippen LogP contribution < -0.4 is 15.5 Å². The van der Waals surface area contributed by atoms with Gasteiger partial charge in [0.15, 0.2) is 5.96 Å². The van der Waals surface area contributed by atoms with Crippen molar-refractivity contribution in [3.05, 3.63) is 29.8 Å². The van der Waals surface area contributed by atoms with Crippen molar-refractivity contribution >= 4 is 41.5 Å². The van der Waals surface area contributed by atoms with Crippen molar-refractivity contribution in [3.8, 4) is 0 Å². The van der Waals surface area contributed by atoms with Crippen LogP contribution in [0.3, 0.4) is 0 Å². The highest BCUT2D eigenvalue weighted by Crippen LogP contribution is 2.27. The van der Waals surface area contributed by atoms with E-state index in [0.29, 0.717) is 12.3 Å². The molecule has 1 heterocycles. The summed E-state index contributed by atoms with van der Waals surface area (Å²) in [6.07, 6.45) is 3.23. The third-order valence-electron chi connectivity index (χ3n) is 4.48. The van der Waals surface area contributed by atoms with E-state index in [0.717, 1.165) is 63.8 Å². The number of carbonyl (C=O) groups is 1. The summed E-state index contributed by atoms with van der Waals surface area (Å²) in [6, 6.07) is 8.17. The predicted octanol–water partition coefficient (Wildman–Crippen LogP) is 3.20. The van der Waals surface area contributed by atoms with Gasteiger partial charge >= 0.3 is 0 Å². The number of hydrogen-bond acceptors (Lipinski definition) is 3. The number of ether oxygens (including phenoxy) is 1. The van der Waals surface area contributed by atoms with Crippen LogP contribution in [0.15, 0.2) is 29.3 Å². The summed E-state index contributed by atoms with van der Waals surface area (Å²) in [7, 11) is 1.76. The summed E-state index contributed by atoms with van der Waals surface area (Å²) in [4.78, 5) is 18.6. The van der Waals surface area contributed by atoms with Gasteiger partial charge in [-0.2, -0.15) is 0 Å². The fourth-order valence-corrected chi connectivity index (χ4v) is 3.10. The van der Waals surface area contributed by atoms with Crippen LogP contribution in [0.1, 0.15) is 38.7 Å². The SMILES string of the molecule is CN=C(NCCCOCC(C)C)NCCCC(=O)N1CCc2ccccc21.I. The molecule has 6 nitrogen and oxygen atoms in total. The van der Waals surface area contributed by atoms with E-state index in [2.05, 4.69) is 35.5 Å². The molecule has 0 fully saturated rings. The van der Waals surface area contributed by atoms with Crippen LogP contribution in [-0.2, 0) is 16.0 Å². The first-order valence-corrected chi connectivity index (χ1v) is 10.0. The Morgan fingerprint density at radius 2 is 1.93 bits per heavy atom. The highest BCUT2D eigenvalue weighted by molar-refractivity contribution is 14.0. The molecule has 0 aliphatic carbocycles. The Morgan fingerprint density at radius 3 is 2.64 bits per heavy atom. The Morgan fingerprint density at radius 1 is 1.21 bits per heavy atom. The van der Waals surface area contributed by atoms with Crippen molar-refractivity contribution in [2.45, 2.75) is 39.5 Å². The lowest BCUT2D eigenvalue weighted by molar-refractivity contribution is -0.118. The molecule has 1 amide bonds. The van der Waals surface area contributed by atoms with E-state index >= 15 is 0 Å². The van der Waals surface area contributed by atoms with Gasteiger partial charge in [-0.25, -0.2) is 0 Å². The molecule has 1 aromatic carbocycles. The monoisotopic (exact) mass is 502 g/mol. The van der Waals surface area contributed by atoms with Gasteiger partial charge in [0, 0.05) is 52.0 Å². The average Bonchev–Trinajstić information content (AvgIpc) is 3.10. The molecule has 0 saturated heterocycles. The predicted molar refractivity (Wildman–Crippen MR) is 127 cm³/mol. The van der Waals surface area contributed by atoms with Crippen molar-refractivity contribution in [1.82, 2.24) is 10.6 Å². The number of nitrogens with one attached hydrogen (secondary N) is 2. The zero-order valence-corrected chi connectivity index (χ0v) is 19.7. The molecule has 0 radical (unpaired) electrons. The average molecular weight is 502 g/mol. The van der Waals surface area contributed by atoms with E-state index < -0.39 is 0 Å². The Kier molecular flexibility index (Phi) is 12.1. The third kappa shape index (κ3) is 8.34. The highest BCUT2D eigenvalue weighted by atomic mass is 127. The van der Waals surface area contributed by atoms with Gasteiger partial charge in [0.1, 0.15) is 0 Å². The molecular weight excluding hydrogens is 467 g/mol. The first-order valence-electron chi connectivity index (χ1n) is 10.0. The van der Waals surface area contributed by atoms with Crippen molar-refractivity contribution < 1.29 is 9.53 Å². The number of anilines is 1. The van der Waals surface area contributed by atoms with Crippen LogP contribution in [0.4, 0.5) is 5.69 Å². The van der Waals surface area contributed by atoms with Crippen molar-refractivity contribution in [2.75, 3.05) is 44.8 Å². The molecule has 0 saturated carbocycles. The van der Waals surface area contributed by atoms with Crippen LogP contribution in [0.2, 0.25) is 0 Å². The zero-order valence-electron chi connectivity index (χ0n) is 17.4. The van der Waals surface area contributed by atoms with Gasteiger partial charge in [-0.05, 0) is 36.8 Å². The van der Waals surface area contributed by atoms with E-state index in [1.54, 1.807) is 7.05 Å². The molecule has 2 N–H and O–H groups in total. The van der Waals surface area contributed by atoms with Crippen LogP contribution in [-0.4, -0.2) is 51.8 Å². The molecular formula is C21H35IN4O2. The fourth-order valence-electron chi connectivity index (χ4n) is 3.10. The second-order valence-corrected chi connectivity index (χ2v) is 7.28. The van der Waals surface area contributed by atoms with Crippen LogP contribution in [0.5, 0.6) is 0 Å². The molecule has 0 spiro atoms. The van der Waals surface area contributed by atoms with Gasteiger partial charge in [-0.15, -0.1) is 24.0 Å². The maximum absolute atomic E-state index is 12.5. The number of rotatable bonds is 10. The number of para-hydroxylation sites is 1. The third-order valence-corrected chi connectivity index (χ3v) is 4.48. The fraction of sp³-hybridized carbons (Fsp3) is 0.619. The van der Waals surface area contributed by atoms with Gasteiger partial charge < -0.3 is 20.3 Å². The number of guanidine groups is 1. The summed E-state index contributed by atoms with van der Waals surface area (Å²) in [5.74, 6) is 1.55. The van der Waals surface area contributed by atoms with Gasteiger partial charge in [0.05, 0.1) is 0 Å². The van der Waals surface area contributed by atoms with E-state index in [4.69, 9.17) is 4.74 Å². The molecule has 7 heteroatoms. The van der Waals surface area contributed by atoms with E-state index in [1.807, 2.05) is 23.1 Å². The largest absolute Gasteiger partial charge is 0.381 e. The Balaban J connectivity index is 0.00000392. The quantitative estimate of drug-likeness (QED) is 0.223. The van der Waals surface area contributed by atoms with Gasteiger partial charge in [0.25, 0.3) is 0 Å². The maximum Gasteiger partial charge on any atom is 0.227 e. The lowest BCUT2D eigenvalue weighted by atomic mass is 10.2. The Bertz CT molecular complexity index is 622. The minimum absolute atomic E-state index is 0. The molecule has 0 bridgehead atoms. The summed E-state index contributed by atoms with van der Waals surface area (Å²) >= 11 is 0. The first kappa shape index (κ1) is 24.7. The summed E-state index contributed by atoms with van der Waals surface area (Å²) in [5.41, 5.74) is 2.35. The van der Waals surface area contributed by atoms with E-state index in [9.17, 15) is 4.79 Å². The number of amides is 1. The molecule has 28 heavy (non-hydrogen) atoms. The number of nitrogens with zero attached hydrogens (tertiary/aromatic N) is 2. The molecule has 1 aromatic rings. The van der Waals surface area contributed by atoms with E-state index in [-0.39, 0.29) is 29.9 Å². The Hall–Kier alpha value is -1.35. The number of benzene rings is 1. The molecule has 0 aromatic heterocycles. The molecule has 2 rings (SSSR count). The topological polar surface area (TPSA) is 66.0 Å². The van der Waals surface area contributed by atoms with Crippen molar-refractivity contribution in [1.29, 1.82) is 0 Å². The van der Waals surface area contributed by atoms with Gasteiger partial charge in [-0.1, -0.05) is 32.0 Å². The van der Waals surface area contributed by atoms with Gasteiger partial charge in [0.2, 0.25) is 5.91 Å². The zero-order chi connectivity index (χ0) is 19.5. The second kappa shape index (κ2) is 13.8. The van der Waals surface area contributed by atoms with Crippen LogP contribution in [0.25, 0.3) is 0 Å². The Labute approximate surface area is 186 Å². The molecule has 1 aliphatic rings. The molecule has 0 unspecified atom stereocenters. The molecule has 158 valence electrons. The normalized spacial score (nSPS) is 13.3. The maximum atomic E-state index is 12.5. The highest BCUT2D eigenvalue weighted by Gasteiger charge is 2.23. The summed E-state index contributed by atoms with van der Waals surface area (Å²) in [6.45, 7) is 8.21.